The van der Waals surface area contributed by atoms with Crippen LogP contribution in [0, 0.1) is 24.1 Å². The minimum atomic E-state index is -0.486. The Bertz CT molecular complexity index is 1570. The van der Waals surface area contributed by atoms with Crippen LogP contribution in [0.3, 0.4) is 0 Å². The quantitative estimate of drug-likeness (QED) is 0.283. The van der Waals surface area contributed by atoms with Crippen LogP contribution in [0.4, 0.5) is 21.7 Å². The largest absolute Gasteiger partial charge is 0.334 e. The maximum absolute atomic E-state index is 15.1. The molecule has 0 N–H and O–H groups in total. The first-order valence-corrected chi connectivity index (χ1v) is 11.4. The fraction of sp³-hybridized carbons (Fsp3) is 0.103. The van der Waals surface area contributed by atoms with Gasteiger partial charge in [-0.25, -0.2) is 19.4 Å². The lowest BCUT2D eigenvalue weighted by atomic mass is 10.0. The second-order valence-electron chi connectivity index (χ2n) is 8.51. The zero-order chi connectivity index (χ0) is 25.2. The van der Waals surface area contributed by atoms with Gasteiger partial charge in [-0.1, -0.05) is 60.7 Å². The van der Waals surface area contributed by atoms with Crippen molar-refractivity contribution in [1.29, 1.82) is 5.26 Å². The third-order valence-corrected chi connectivity index (χ3v) is 6.06. The van der Waals surface area contributed by atoms with E-state index in [0.717, 1.165) is 22.4 Å². The molecule has 0 atom stereocenters. The fourth-order valence-electron chi connectivity index (χ4n) is 4.28. The molecule has 5 aromatic rings. The van der Waals surface area contributed by atoms with Gasteiger partial charge in [0.25, 0.3) is 0 Å². The highest BCUT2D eigenvalue weighted by Crippen LogP contribution is 2.34. The van der Waals surface area contributed by atoms with E-state index in [-0.39, 0.29) is 5.56 Å². The standard InChI is InChI=1S/C29H23FN6/c1-19-14-20(17-31)15-23(30)28(19)36(3)25-16-24-27(32-18-35(24)2)29(33-25)34-26(21-10-6-4-7-11-21)22-12-8-5-9-13-22/h4-16,18H,1-3H3. The Kier molecular flexibility index (Phi) is 6.01. The van der Waals surface area contributed by atoms with Crippen LogP contribution in [0.15, 0.2) is 90.2 Å². The van der Waals surface area contributed by atoms with E-state index in [4.69, 9.17) is 9.98 Å². The summed E-state index contributed by atoms with van der Waals surface area (Å²) in [5.74, 6) is 0.460. The first-order chi connectivity index (χ1) is 17.5. The zero-order valence-corrected chi connectivity index (χ0v) is 20.1. The van der Waals surface area contributed by atoms with Crippen molar-refractivity contribution < 1.29 is 4.39 Å². The lowest BCUT2D eigenvalue weighted by molar-refractivity contribution is 0.625. The summed E-state index contributed by atoms with van der Waals surface area (Å²) in [6.07, 6.45) is 1.72. The lowest BCUT2D eigenvalue weighted by Gasteiger charge is -2.22. The Morgan fingerprint density at radius 2 is 1.64 bits per heavy atom. The number of hydrogen-bond donors (Lipinski definition) is 0. The number of aryl methyl sites for hydroxylation is 2. The zero-order valence-electron chi connectivity index (χ0n) is 20.1. The van der Waals surface area contributed by atoms with Crippen molar-refractivity contribution in [3.8, 4) is 6.07 Å². The molecule has 2 aromatic heterocycles. The normalized spacial score (nSPS) is 10.8. The summed E-state index contributed by atoms with van der Waals surface area (Å²) in [4.78, 5) is 16.1. The number of nitrogens with zero attached hydrogens (tertiary/aromatic N) is 6. The highest BCUT2D eigenvalue weighted by molar-refractivity contribution is 6.14. The van der Waals surface area contributed by atoms with E-state index in [0.29, 0.717) is 28.4 Å². The first-order valence-electron chi connectivity index (χ1n) is 11.4. The third kappa shape index (κ3) is 4.21. The molecule has 0 radical (unpaired) electrons. The molecule has 0 fully saturated rings. The lowest BCUT2D eigenvalue weighted by Crippen LogP contribution is -2.15. The number of fused-ring (bicyclic) bond motifs is 1. The number of halogens is 1. The number of benzene rings is 3. The van der Waals surface area contributed by atoms with E-state index in [1.165, 1.54) is 6.07 Å². The Balaban J connectivity index is 1.72. The summed E-state index contributed by atoms with van der Waals surface area (Å²) in [7, 11) is 3.65. The van der Waals surface area contributed by atoms with Gasteiger partial charge in [-0.05, 0) is 24.6 Å². The van der Waals surface area contributed by atoms with Crippen LogP contribution in [-0.4, -0.2) is 27.3 Å². The molecular weight excluding hydrogens is 451 g/mol. The second-order valence-corrected chi connectivity index (χ2v) is 8.51. The Hall–Kier alpha value is -4.83. The molecule has 2 heterocycles. The number of imidazole rings is 1. The smallest absolute Gasteiger partial charge is 0.183 e. The van der Waals surface area contributed by atoms with E-state index in [2.05, 4.69) is 4.98 Å². The maximum atomic E-state index is 15.1. The number of hydrogen-bond acceptors (Lipinski definition) is 5. The maximum Gasteiger partial charge on any atom is 0.183 e. The van der Waals surface area contributed by atoms with Crippen LogP contribution in [-0.2, 0) is 7.05 Å². The van der Waals surface area contributed by atoms with Crippen LogP contribution < -0.4 is 4.90 Å². The molecule has 0 amide bonds. The summed E-state index contributed by atoms with van der Waals surface area (Å²) in [6.45, 7) is 1.78. The summed E-state index contributed by atoms with van der Waals surface area (Å²) >= 11 is 0. The van der Waals surface area contributed by atoms with Crippen LogP contribution >= 0.6 is 0 Å². The van der Waals surface area contributed by atoms with Gasteiger partial charge in [-0.15, -0.1) is 0 Å². The van der Waals surface area contributed by atoms with Gasteiger partial charge in [-0.3, -0.25) is 0 Å². The van der Waals surface area contributed by atoms with Crippen LogP contribution in [0.5, 0.6) is 0 Å². The van der Waals surface area contributed by atoms with Crippen molar-refractivity contribution in [2.45, 2.75) is 6.92 Å². The van der Waals surface area contributed by atoms with Gasteiger partial charge >= 0.3 is 0 Å². The van der Waals surface area contributed by atoms with Crippen LogP contribution in [0.1, 0.15) is 22.3 Å². The number of rotatable bonds is 5. The van der Waals surface area contributed by atoms with Gasteiger partial charge in [0.2, 0.25) is 0 Å². The molecule has 6 nitrogen and oxygen atoms in total. The molecule has 7 heteroatoms. The van der Waals surface area contributed by atoms with Crippen molar-refractivity contribution >= 4 is 34.1 Å². The molecular formula is C29H23FN6. The number of aliphatic imine (C=N–C) groups is 1. The third-order valence-electron chi connectivity index (χ3n) is 6.06. The SMILES string of the molecule is Cc1cc(C#N)cc(F)c1N(C)c1cc2c(ncn2C)c(N=C(c2ccccc2)c2ccccc2)n1. The van der Waals surface area contributed by atoms with E-state index in [9.17, 15) is 5.26 Å². The predicted octanol–water partition coefficient (Wildman–Crippen LogP) is 6.22. The molecule has 0 aliphatic carbocycles. The van der Waals surface area contributed by atoms with E-state index in [1.54, 1.807) is 31.3 Å². The average molecular weight is 475 g/mol. The number of nitriles is 1. The fourth-order valence-corrected chi connectivity index (χ4v) is 4.28. The molecule has 0 saturated carbocycles. The van der Waals surface area contributed by atoms with E-state index >= 15 is 4.39 Å². The first kappa shape index (κ1) is 22.9. The molecule has 0 aliphatic rings. The highest BCUT2D eigenvalue weighted by Gasteiger charge is 2.19. The average Bonchev–Trinajstić information content (AvgIpc) is 3.28. The summed E-state index contributed by atoms with van der Waals surface area (Å²) < 4.78 is 16.9. The van der Waals surface area contributed by atoms with E-state index < -0.39 is 5.82 Å². The predicted molar refractivity (Wildman–Crippen MR) is 141 cm³/mol. The summed E-state index contributed by atoms with van der Waals surface area (Å²) in [5.41, 5.74) is 5.39. The minimum Gasteiger partial charge on any atom is -0.334 e. The Labute approximate surface area is 208 Å². The van der Waals surface area contributed by atoms with Crippen molar-refractivity contribution in [1.82, 2.24) is 14.5 Å². The molecule has 5 rings (SSSR count). The minimum absolute atomic E-state index is 0.276. The van der Waals surface area contributed by atoms with E-state index in [1.807, 2.05) is 84.4 Å². The number of anilines is 2. The topological polar surface area (TPSA) is 70.1 Å². The number of aromatic nitrogens is 3. The molecule has 0 bridgehead atoms. The van der Waals surface area contributed by atoms with Crippen LogP contribution in [0.2, 0.25) is 0 Å². The van der Waals surface area contributed by atoms with Crippen molar-refractivity contribution in [2.24, 2.45) is 12.0 Å². The van der Waals surface area contributed by atoms with Gasteiger partial charge in [0.1, 0.15) is 17.2 Å². The van der Waals surface area contributed by atoms with Crippen molar-refractivity contribution in [2.75, 3.05) is 11.9 Å². The molecule has 0 spiro atoms. The van der Waals surface area contributed by atoms with Crippen LogP contribution in [0.25, 0.3) is 11.0 Å². The van der Waals surface area contributed by atoms with Crippen molar-refractivity contribution in [3.63, 3.8) is 0 Å². The number of pyridine rings is 1. The molecule has 0 aliphatic heterocycles. The highest BCUT2D eigenvalue weighted by atomic mass is 19.1. The monoisotopic (exact) mass is 474 g/mol. The van der Waals surface area contributed by atoms with Gasteiger partial charge < -0.3 is 9.47 Å². The van der Waals surface area contributed by atoms with Gasteiger partial charge in [0, 0.05) is 31.3 Å². The second kappa shape index (κ2) is 9.43. The summed E-state index contributed by atoms with van der Waals surface area (Å²) in [6, 6.07) is 26.6. The molecule has 3 aromatic carbocycles. The van der Waals surface area contributed by atoms with Crippen molar-refractivity contribution in [3.05, 3.63) is 113 Å². The van der Waals surface area contributed by atoms with Gasteiger partial charge in [0.15, 0.2) is 5.82 Å². The Morgan fingerprint density at radius 1 is 1.00 bits per heavy atom. The van der Waals surface area contributed by atoms with Gasteiger partial charge in [0.05, 0.1) is 34.9 Å². The van der Waals surface area contributed by atoms with Gasteiger partial charge in [-0.2, -0.15) is 5.26 Å². The molecule has 36 heavy (non-hydrogen) atoms. The molecule has 0 saturated heterocycles. The summed E-state index contributed by atoms with van der Waals surface area (Å²) in [5, 5.41) is 9.20. The molecule has 176 valence electrons. The molecule has 0 unspecified atom stereocenters. The Morgan fingerprint density at radius 3 is 2.22 bits per heavy atom.